The zero-order valence-electron chi connectivity index (χ0n) is 32.9. The maximum atomic E-state index is 5.56. The molecule has 0 unspecified atom stereocenters. The first-order valence-electron chi connectivity index (χ1n) is 20.5. The van der Waals surface area contributed by atoms with E-state index in [1.54, 1.807) is 0 Å². The molecule has 2 aliphatic carbocycles. The summed E-state index contributed by atoms with van der Waals surface area (Å²) in [6.45, 7) is 4.65. The average molecular weight is 755 g/mol. The van der Waals surface area contributed by atoms with Crippen molar-refractivity contribution in [1.82, 2.24) is 19.1 Å². The lowest BCUT2D eigenvalue weighted by Crippen LogP contribution is -2.14. The van der Waals surface area contributed by atoms with Crippen molar-refractivity contribution in [2.75, 3.05) is 0 Å². The van der Waals surface area contributed by atoms with Gasteiger partial charge in [-0.15, -0.1) is 0 Å². The normalized spacial score (nSPS) is 14.2. The van der Waals surface area contributed by atoms with Crippen LogP contribution in [-0.2, 0) is 5.41 Å². The fraction of sp³-hybridized carbons (Fsp3) is 0.0909. The molecule has 4 heteroatoms. The van der Waals surface area contributed by atoms with Crippen molar-refractivity contribution in [3.63, 3.8) is 0 Å². The second kappa shape index (κ2) is 12.8. The molecule has 0 aliphatic heterocycles. The largest absolute Gasteiger partial charge is 0.308 e. The highest BCUT2D eigenvalue weighted by molar-refractivity contribution is 6.24. The zero-order chi connectivity index (χ0) is 39.2. The van der Waals surface area contributed by atoms with Crippen LogP contribution in [0.4, 0.5) is 0 Å². The predicted octanol–water partition coefficient (Wildman–Crippen LogP) is 13.8. The highest BCUT2D eigenvalue weighted by Gasteiger charge is 2.35. The van der Waals surface area contributed by atoms with E-state index in [4.69, 9.17) is 9.97 Å². The van der Waals surface area contributed by atoms with Gasteiger partial charge in [0.2, 0.25) is 5.95 Å². The molecule has 0 N–H and O–H groups in total. The molecule has 59 heavy (non-hydrogen) atoms. The van der Waals surface area contributed by atoms with Crippen LogP contribution in [0.2, 0.25) is 0 Å². The zero-order valence-corrected chi connectivity index (χ0v) is 32.9. The number of para-hydroxylation sites is 2. The molecule has 278 valence electrons. The smallest absolute Gasteiger partial charge is 0.235 e. The van der Waals surface area contributed by atoms with Gasteiger partial charge in [0.1, 0.15) is 0 Å². The molecule has 0 amide bonds. The van der Waals surface area contributed by atoms with Crippen LogP contribution >= 0.6 is 0 Å². The van der Waals surface area contributed by atoms with Gasteiger partial charge in [0.25, 0.3) is 0 Å². The van der Waals surface area contributed by atoms with Gasteiger partial charge in [-0.05, 0) is 88.7 Å². The summed E-state index contributed by atoms with van der Waals surface area (Å²) in [7, 11) is 0. The van der Waals surface area contributed by atoms with Gasteiger partial charge < -0.3 is 4.57 Å². The van der Waals surface area contributed by atoms with Gasteiger partial charge >= 0.3 is 0 Å². The quantitative estimate of drug-likeness (QED) is 0.175. The van der Waals surface area contributed by atoms with Crippen LogP contribution in [0.15, 0.2) is 170 Å². The van der Waals surface area contributed by atoms with E-state index in [9.17, 15) is 0 Å². The fourth-order valence-corrected chi connectivity index (χ4v) is 9.80. The van der Waals surface area contributed by atoms with E-state index < -0.39 is 0 Å². The van der Waals surface area contributed by atoms with Crippen LogP contribution in [0.3, 0.4) is 0 Å². The standard InChI is InChI=1S/C55H38N4/c1-55(2)46-25-12-9-22-40(46)45-33-38(28-31-47(45)55)49-34-48(37-19-15-18-36(32-37)35-16-5-3-6-17-35)56-54(57-49)59-51-27-14-11-24-42(51)44-30-29-43-41-23-10-13-26-50(41)58(52(43)53(44)59)39-20-7-4-8-21-39/h3,5-7,9-14,16-18,20-34H,4,8H2,1-2H3. The minimum atomic E-state index is -0.0924. The molecule has 3 aromatic heterocycles. The second-order valence-corrected chi connectivity index (χ2v) is 16.3. The maximum absolute atomic E-state index is 5.56. The summed E-state index contributed by atoms with van der Waals surface area (Å²) in [4.78, 5) is 11.1. The Balaban J connectivity index is 1.18. The van der Waals surface area contributed by atoms with E-state index in [-0.39, 0.29) is 5.41 Å². The molecule has 3 heterocycles. The van der Waals surface area contributed by atoms with E-state index in [2.05, 4.69) is 193 Å². The van der Waals surface area contributed by atoms with Crippen molar-refractivity contribution in [3.05, 3.63) is 193 Å². The molecule has 4 nitrogen and oxygen atoms in total. The number of hydrogen-bond acceptors (Lipinski definition) is 2. The van der Waals surface area contributed by atoms with Gasteiger partial charge in [0.05, 0.1) is 39.0 Å². The molecule has 7 aromatic carbocycles. The molecule has 0 radical (unpaired) electrons. The van der Waals surface area contributed by atoms with E-state index in [1.807, 2.05) is 12.1 Å². The third kappa shape index (κ3) is 5.05. The molecule has 0 spiro atoms. The highest BCUT2D eigenvalue weighted by Crippen LogP contribution is 2.50. The van der Waals surface area contributed by atoms with Gasteiger partial charge in [-0.1, -0.05) is 153 Å². The van der Waals surface area contributed by atoms with Gasteiger partial charge in [-0.3, -0.25) is 4.57 Å². The highest BCUT2D eigenvalue weighted by atomic mass is 15.2. The molecule has 12 rings (SSSR count). The summed E-state index contributed by atoms with van der Waals surface area (Å²) in [5.41, 5.74) is 16.5. The van der Waals surface area contributed by atoms with Crippen LogP contribution in [0, 0.1) is 12.1 Å². The topological polar surface area (TPSA) is 35.6 Å². The lowest BCUT2D eigenvalue weighted by atomic mass is 9.82. The third-order valence-corrected chi connectivity index (χ3v) is 12.6. The number of aromatic nitrogens is 4. The van der Waals surface area contributed by atoms with Crippen LogP contribution in [0.25, 0.3) is 100 Å². The first-order chi connectivity index (χ1) is 29.0. The number of fused-ring (bicyclic) bond motifs is 10. The fourth-order valence-electron chi connectivity index (χ4n) is 9.80. The van der Waals surface area contributed by atoms with Crippen LogP contribution in [-0.4, -0.2) is 19.1 Å². The van der Waals surface area contributed by atoms with Gasteiger partial charge in [0, 0.05) is 38.2 Å². The molecule has 0 bridgehead atoms. The van der Waals surface area contributed by atoms with Crippen molar-refractivity contribution in [3.8, 4) is 50.7 Å². The van der Waals surface area contributed by atoms with E-state index in [0.29, 0.717) is 5.95 Å². The third-order valence-electron chi connectivity index (χ3n) is 12.6. The first kappa shape index (κ1) is 33.6. The van der Waals surface area contributed by atoms with Gasteiger partial charge in [-0.2, -0.15) is 0 Å². The summed E-state index contributed by atoms with van der Waals surface area (Å²) in [5.74, 6) is 0.612. The Bertz CT molecular complexity index is 3410. The molecular formula is C55H38N4. The van der Waals surface area contributed by atoms with Crippen molar-refractivity contribution >= 4 is 49.3 Å². The van der Waals surface area contributed by atoms with Crippen molar-refractivity contribution in [2.24, 2.45) is 0 Å². The van der Waals surface area contributed by atoms with E-state index in [0.717, 1.165) is 73.8 Å². The molecule has 10 aromatic rings. The lowest BCUT2D eigenvalue weighted by Gasteiger charge is -2.21. The van der Waals surface area contributed by atoms with Crippen LogP contribution in [0.5, 0.6) is 0 Å². The van der Waals surface area contributed by atoms with E-state index in [1.165, 1.54) is 44.2 Å². The lowest BCUT2D eigenvalue weighted by molar-refractivity contribution is 0.660. The number of allylic oxidation sites excluding steroid dienone is 4. The van der Waals surface area contributed by atoms with Gasteiger partial charge in [0.15, 0.2) is 0 Å². The SMILES string of the molecule is CC1(C)c2ccccc2-c2cc(-c3cc(-c4c#ccc(-c5ccccc5)c4)nc(-n4c5ccccc5c5ccc6c7ccccc7n(C7=CCCC=C7)c6c54)n3)ccc21. The minimum absolute atomic E-state index is 0.0924. The average Bonchev–Trinajstić information content (AvgIpc) is 3.90. The number of nitrogens with zero attached hydrogens (tertiary/aromatic N) is 4. The Hall–Kier alpha value is -7.48. The van der Waals surface area contributed by atoms with Crippen molar-refractivity contribution in [1.29, 1.82) is 0 Å². The first-order valence-corrected chi connectivity index (χ1v) is 20.5. The van der Waals surface area contributed by atoms with Crippen LogP contribution in [0.1, 0.15) is 37.8 Å². The van der Waals surface area contributed by atoms with Gasteiger partial charge in [-0.25, -0.2) is 9.97 Å². The molecule has 0 saturated heterocycles. The van der Waals surface area contributed by atoms with Crippen molar-refractivity contribution in [2.45, 2.75) is 32.1 Å². The predicted molar refractivity (Wildman–Crippen MR) is 244 cm³/mol. The number of rotatable bonds is 5. The summed E-state index contributed by atoms with van der Waals surface area (Å²) < 4.78 is 4.76. The number of benzene rings is 6. The Morgan fingerprint density at radius 3 is 2.00 bits per heavy atom. The summed E-state index contributed by atoms with van der Waals surface area (Å²) in [5, 5.41) is 4.75. The van der Waals surface area contributed by atoms with E-state index >= 15 is 0 Å². The Kier molecular flexibility index (Phi) is 7.28. The molecule has 0 atom stereocenters. The van der Waals surface area contributed by atoms with Crippen LogP contribution < -0.4 is 0 Å². The number of hydrogen-bond donors (Lipinski definition) is 0. The Morgan fingerprint density at radius 1 is 0.542 bits per heavy atom. The summed E-state index contributed by atoms with van der Waals surface area (Å²) >= 11 is 0. The molecule has 2 aliphatic rings. The molecular weight excluding hydrogens is 717 g/mol. The maximum Gasteiger partial charge on any atom is 0.235 e. The minimum Gasteiger partial charge on any atom is -0.308 e. The molecule has 0 saturated carbocycles. The van der Waals surface area contributed by atoms with Crippen molar-refractivity contribution < 1.29 is 0 Å². The monoisotopic (exact) mass is 754 g/mol. The summed E-state index contributed by atoms with van der Waals surface area (Å²) in [6.07, 6.45) is 8.98. The summed E-state index contributed by atoms with van der Waals surface area (Å²) in [6, 6.07) is 61.2. The second-order valence-electron chi connectivity index (χ2n) is 16.3. The molecule has 0 fully saturated rings. The Morgan fingerprint density at radius 2 is 1.22 bits per heavy atom. The Labute approximate surface area is 343 Å².